The molecule has 8 rings (SSSR count). The Hall–Kier alpha value is -5.90. The first kappa shape index (κ1) is 28.6. The van der Waals surface area contributed by atoms with Gasteiger partial charge in [-0.1, -0.05) is 60.7 Å². The van der Waals surface area contributed by atoms with Crippen molar-refractivity contribution < 1.29 is 19.2 Å². The number of benzene rings is 3. The van der Waals surface area contributed by atoms with Gasteiger partial charge in [-0.05, 0) is 41.8 Å². The van der Waals surface area contributed by atoms with E-state index < -0.39 is 23.7 Å². The third-order valence-corrected chi connectivity index (χ3v) is 9.62. The quantitative estimate of drug-likeness (QED) is 0.278. The molecule has 1 saturated carbocycles. The predicted molar refractivity (Wildman–Crippen MR) is 173 cm³/mol. The van der Waals surface area contributed by atoms with E-state index in [9.17, 15) is 28.8 Å². The molecule has 2 unspecified atom stereocenters. The minimum absolute atomic E-state index is 0.103. The van der Waals surface area contributed by atoms with Gasteiger partial charge in [0.25, 0.3) is 11.1 Å². The molecule has 0 saturated heterocycles. The number of hydrogen-bond acceptors (Lipinski definition) is 8. The van der Waals surface area contributed by atoms with Crippen LogP contribution in [0.25, 0.3) is 21.8 Å². The van der Waals surface area contributed by atoms with Crippen molar-refractivity contribution in [3.8, 4) is 0 Å². The monoisotopic (exact) mass is 622 g/mol. The number of aromatic nitrogens is 4. The number of allylic oxidation sites excluding steroid dienone is 4. The van der Waals surface area contributed by atoms with Gasteiger partial charge in [-0.2, -0.15) is 0 Å². The van der Waals surface area contributed by atoms with E-state index in [4.69, 9.17) is 0 Å². The molecule has 0 aliphatic heterocycles. The normalized spacial score (nSPS) is 20.5. The molecule has 5 aromatic rings. The number of carbonyl (C=O) groups excluding carboxylic acids is 4. The van der Waals surface area contributed by atoms with Gasteiger partial charge >= 0.3 is 0 Å². The molecule has 0 spiro atoms. The van der Waals surface area contributed by atoms with Gasteiger partial charge in [-0.25, -0.2) is 9.97 Å². The number of fused-ring (bicyclic) bond motifs is 4. The fourth-order valence-electron chi connectivity index (χ4n) is 7.15. The zero-order valence-electron chi connectivity index (χ0n) is 25.3. The average molecular weight is 623 g/mol. The molecular formula is C37H26N4O6. The maximum absolute atomic E-state index is 13.5. The Morgan fingerprint density at radius 2 is 1.04 bits per heavy atom. The molecule has 0 radical (unpaired) electrons. The van der Waals surface area contributed by atoms with Gasteiger partial charge in [-0.3, -0.25) is 37.9 Å². The fourth-order valence-corrected chi connectivity index (χ4v) is 7.15. The highest BCUT2D eigenvalue weighted by Crippen LogP contribution is 2.39. The molecule has 0 bridgehead atoms. The summed E-state index contributed by atoms with van der Waals surface area (Å²) in [6.07, 6.45) is 7.35. The zero-order valence-corrected chi connectivity index (χ0v) is 25.3. The topological polar surface area (TPSA) is 138 Å². The smallest absolute Gasteiger partial charge is 0.261 e. The zero-order chi connectivity index (χ0) is 32.7. The Morgan fingerprint density at radius 1 is 0.596 bits per heavy atom. The van der Waals surface area contributed by atoms with Crippen molar-refractivity contribution in [3.05, 3.63) is 140 Å². The first-order valence-electron chi connectivity index (χ1n) is 15.2. The number of nitrogens with zero attached hydrogens (tertiary/aromatic N) is 4. The van der Waals surface area contributed by atoms with Crippen molar-refractivity contribution in [3.63, 3.8) is 0 Å². The molecule has 10 nitrogen and oxygen atoms in total. The summed E-state index contributed by atoms with van der Waals surface area (Å²) in [5.41, 5.74) is 2.25. The lowest BCUT2D eigenvalue weighted by atomic mass is 9.91. The Kier molecular flexibility index (Phi) is 6.27. The van der Waals surface area contributed by atoms with Crippen LogP contribution in [0.3, 0.4) is 0 Å². The number of ketones is 4. The highest BCUT2D eigenvalue weighted by atomic mass is 16.2. The van der Waals surface area contributed by atoms with Crippen LogP contribution in [0.5, 0.6) is 0 Å². The van der Waals surface area contributed by atoms with Crippen LogP contribution in [0.4, 0.5) is 0 Å². The van der Waals surface area contributed by atoms with Crippen LogP contribution in [0.15, 0.2) is 94.6 Å². The summed E-state index contributed by atoms with van der Waals surface area (Å²) < 4.78 is 2.56. The molecular weight excluding hydrogens is 596 g/mol. The Morgan fingerprint density at radius 3 is 1.51 bits per heavy atom. The molecule has 2 heterocycles. The highest BCUT2D eigenvalue weighted by molar-refractivity contribution is 6.29. The lowest BCUT2D eigenvalue weighted by molar-refractivity contribution is -0.125. The molecule has 10 heteroatoms. The maximum atomic E-state index is 13.5. The summed E-state index contributed by atoms with van der Waals surface area (Å²) in [5, 5.41) is 0.682. The number of hydrogen-bond donors (Lipinski definition) is 0. The van der Waals surface area contributed by atoms with Gasteiger partial charge in [0, 0.05) is 25.2 Å². The summed E-state index contributed by atoms with van der Waals surface area (Å²) >= 11 is 0. The predicted octanol–water partition coefficient (Wildman–Crippen LogP) is 3.53. The third kappa shape index (κ3) is 4.17. The van der Waals surface area contributed by atoms with E-state index in [2.05, 4.69) is 9.97 Å². The molecule has 0 amide bonds. The maximum Gasteiger partial charge on any atom is 0.261 e. The van der Waals surface area contributed by atoms with Crippen LogP contribution in [-0.4, -0.2) is 42.2 Å². The van der Waals surface area contributed by atoms with Crippen molar-refractivity contribution in [2.45, 2.75) is 18.3 Å². The van der Waals surface area contributed by atoms with Crippen LogP contribution in [0, 0.1) is 11.8 Å². The molecule has 2 aromatic heterocycles. The van der Waals surface area contributed by atoms with E-state index in [-0.39, 0.29) is 45.9 Å². The van der Waals surface area contributed by atoms with E-state index in [1.54, 1.807) is 72.8 Å². The second-order valence-corrected chi connectivity index (χ2v) is 12.3. The average Bonchev–Trinajstić information content (AvgIpc) is 3.49. The molecule has 0 N–H and O–H groups in total. The van der Waals surface area contributed by atoms with Crippen LogP contribution >= 0.6 is 0 Å². The van der Waals surface area contributed by atoms with Crippen molar-refractivity contribution >= 4 is 44.9 Å². The first-order chi connectivity index (χ1) is 22.6. The molecule has 3 aliphatic carbocycles. The van der Waals surface area contributed by atoms with E-state index in [0.717, 1.165) is 11.1 Å². The molecule has 3 aliphatic rings. The number of Topliss-reactive ketones (excluding diaryl/α,β-unsaturated/α-hetero) is 4. The van der Waals surface area contributed by atoms with E-state index in [1.165, 1.54) is 23.2 Å². The summed E-state index contributed by atoms with van der Waals surface area (Å²) in [6.45, 7) is 0. The molecule has 3 aromatic carbocycles. The van der Waals surface area contributed by atoms with Crippen LogP contribution in [0.1, 0.15) is 55.3 Å². The van der Waals surface area contributed by atoms with Crippen molar-refractivity contribution in [1.82, 2.24) is 19.1 Å². The van der Waals surface area contributed by atoms with Crippen molar-refractivity contribution in [2.75, 3.05) is 0 Å². The van der Waals surface area contributed by atoms with Crippen LogP contribution in [-0.2, 0) is 30.1 Å². The van der Waals surface area contributed by atoms with Gasteiger partial charge in [0.2, 0.25) is 0 Å². The van der Waals surface area contributed by atoms with Crippen molar-refractivity contribution in [2.24, 2.45) is 25.9 Å². The number of carbonyl (C=O) groups is 4. The third-order valence-electron chi connectivity index (χ3n) is 9.62. The second kappa shape index (κ2) is 10.3. The molecule has 1 fully saturated rings. The van der Waals surface area contributed by atoms with Gasteiger partial charge in [0.15, 0.2) is 23.1 Å². The SMILES string of the molecule is Cn1c(C2C(=O)c3ccccc3C2=O)nc2ccc(Cc3ccc4nc(C5C(=O)C6C=CC=CC6C5=O)n(C)c(=O)c4c3)cc2c1=O. The first-order valence-corrected chi connectivity index (χ1v) is 15.2. The van der Waals surface area contributed by atoms with Gasteiger partial charge in [0.1, 0.15) is 23.5 Å². The largest absolute Gasteiger partial charge is 0.298 e. The minimum atomic E-state index is -1.17. The number of rotatable bonds is 4. The summed E-state index contributed by atoms with van der Waals surface area (Å²) in [7, 11) is 3.03. The van der Waals surface area contributed by atoms with Crippen molar-refractivity contribution in [1.29, 1.82) is 0 Å². The Balaban J connectivity index is 1.11. The van der Waals surface area contributed by atoms with Gasteiger partial charge in [-0.15, -0.1) is 0 Å². The van der Waals surface area contributed by atoms with Crippen LogP contribution < -0.4 is 11.1 Å². The van der Waals surface area contributed by atoms with Gasteiger partial charge < -0.3 is 0 Å². The highest BCUT2D eigenvalue weighted by Gasteiger charge is 2.50. The fraction of sp³-hybridized carbons (Fsp3) is 0.189. The lowest BCUT2D eigenvalue weighted by Gasteiger charge is -2.14. The Labute approximate surface area is 266 Å². The molecule has 230 valence electrons. The molecule has 2 atom stereocenters. The van der Waals surface area contributed by atoms with E-state index in [0.29, 0.717) is 39.4 Å². The minimum Gasteiger partial charge on any atom is -0.298 e. The van der Waals surface area contributed by atoms with Crippen LogP contribution in [0.2, 0.25) is 0 Å². The Bertz CT molecular complexity index is 2400. The summed E-state index contributed by atoms with van der Waals surface area (Å²) in [6, 6.07) is 17.1. The van der Waals surface area contributed by atoms with E-state index in [1.807, 2.05) is 12.1 Å². The lowest BCUT2D eigenvalue weighted by Crippen LogP contribution is -2.28. The summed E-state index contributed by atoms with van der Waals surface area (Å²) in [5.74, 6) is -4.38. The molecule has 47 heavy (non-hydrogen) atoms. The standard InChI is InChI=1S/C37H26N4O6/c1-40-34(28-30(42)20-7-3-4-8-21(20)31(28)43)38-26-13-11-18(16-24(26)36(40)46)15-19-12-14-27-25(17-19)37(47)41(2)35(39-27)29-32(44)22-9-5-6-10-23(22)33(29)45/h3-14,16-17,20-21,28-29H,15H2,1-2H3. The van der Waals surface area contributed by atoms with E-state index >= 15 is 0 Å². The summed E-state index contributed by atoms with van der Waals surface area (Å²) in [4.78, 5) is 88.9. The second-order valence-electron chi connectivity index (χ2n) is 12.3. The van der Waals surface area contributed by atoms with Gasteiger partial charge in [0.05, 0.1) is 33.6 Å².